The molecule has 0 saturated carbocycles. The third kappa shape index (κ3) is 3.92. The van der Waals surface area contributed by atoms with E-state index in [9.17, 15) is 0 Å². The number of benzene rings is 1. The van der Waals surface area contributed by atoms with Crippen molar-refractivity contribution in [3.05, 3.63) is 40.7 Å². The highest BCUT2D eigenvalue weighted by atomic mass is 15.0. The Morgan fingerprint density at radius 2 is 1.58 bits per heavy atom. The van der Waals surface area contributed by atoms with Crippen LogP contribution in [-0.2, 0) is 25.7 Å². The summed E-state index contributed by atoms with van der Waals surface area (Å²) in [6.45, 7) is 8.80. The molecule has 0 saturated heterocycles. The maximum absolute atomic E-state index is 5.08. The van der Waals surface area contributed by atoms with E-state index >= 15 is 0 Å². The Kier molecular flexibility index (Phi) is 6.29. The summed E-state index contributed by atoms with van der Waals surface area (Å²) in [6.07, 6.45) is 9.07. The molecule has 0 spiro atoms. The highest BCUT2D eigenvalue weighted by molar-refractivity contribution is 5.65. The number of nitrogens with one attached hydrogen (secondary N) is 1. The number of rotatable bonds is 7. The van der Waals surface area contributed by atoms with Crippen LogP contribution in [0.4, 0.5) is 5.82 Å². The van der Waals surface area contributed by atoms with E-state index < -0.39 is 0 Å². The van der Waals surface area contributed by atoms with E-state index in [1.165, 1.54) is 42.4 Å². The van der Waals surface area contributed by atoms with E-state index in [0.29, 0.717) is 6.04 Å². The van der Waals surface area contributed by atoms with Crippen LogP contribution in [-0.4, -0.2) is 16.0 Å². The average molecular weight is 352 g/mol. The fourth-order valence-electron chi connectivity index (χ4n) is 3.91. The number of aryl methyl sites for hydroxylation is 4. The Morgan fingerprint density at radius 1 is 0.885 bits per heavy atom. The second kappa shape index (κ2) is 8.66. The second-order valence-corrected chi connectivity index (χ2v) is 7.37. The van der Waals surface area contributed by atoms with E-state index in [1.54, 1.807) is 0 Å². The molecule has 26 heavy (non-hydrogen) atoms. The molecule has 0 fully saturated rings. The first-order valence-corrected chi connectivity index (χ1v) is 10.5. The van der Waals surface area contributed by atoms with Crippen LogP contribution in [0.25, 0.3) is 11.3 Å². The van der Waals surface area contributed by atoms with Crippen LogP contribution in [0.15, 0.2) is 18.2 Å². The van der Waals surface area contributed by atoms with Gasteiger partial charge in [0.1, 0.15) is 5.82 Å². The number of hydrogen-bond donors (Lipinski definition) is 1. The normalized spacial score (nSPS) is 13.7. The lowest BCUT2D eigenvalue weighted by atomic mass is 9.89. The summed E-state index contributed by atoms with van der Waals surface area (Å²) in [4.78, 5) is 10.1. The zero-order valence-electron chi connectivity index (χ0n) is 16.9. The van der Waals surface area contributed by atoms with Crippen LogP contribution >= 0.6 is 0 Å². The van der Waals surface area contributed by atoms with E-state index in [1.807, 2.05) is 0 Å². The largest absolute Gasteiger partial charge is 0.366 e. The van der Waals surface area contributed by atoms with Gasteiger partial charge in [-0.1, -0.05) is 39.8 Å². The molecule has 1 aliphatic rings. The van der Waals surface area contributed by atoms with Crippen molar-refractivity contribution in [2.75, 3.05) is 5.32 Å². The van der Waals surface area contributed by atoms with E-state index in [4.69, 9.17) is 9.97 Å². The third-order valence-corrected chi connectivity index (χ3v) is 5.66. The van der Waals surface area contributed by atoms with Gasteiger partial charge >= 0.3 is 0 Å². The molecule has 3 heteroatoms. The van der Waals surface area contributed by atoms with Gasteiger partial charge in [-0.2, -0.15) is 0 Å². The van der Waals surface area contributed by atoms with Crippen molar-refractivity contribution in [2.24, 2.45) is 0 Å². The minimum absolute atomic E-state index is 0.467. The molecular weight excluding hydrogens is 318 g/mol. The molecule has 1 N–H and O–H groups in total. The molecule has 0 amide bonds. The number of hydrogen-bond acceptors (Lipinski definition) is 3. The first-order chi connectivity index (χ1) is 12.7. The topological polar surface area (TPSA) is 37.8 Å². The van der Waals surface area contributed by atoms with Gasteiger partial charge in [-0.25, -0.2) is 9.97 Å². The van der Waals surface area contributed by atoms with Gasteiger partial charge in [0.05, 0.1) is 17.1 Å². The van der Waals surface area contributed by atoms with Crippen molar-refractivity contribution in [2.45, 2.75) is 85.1 Å². The molecule has 1 heterocycles. The van der Waals surface area contributed by atoms with Crippen molar-refractivity contribution in [1.29, 1.82) is 0 Å². The van der Waals surface area contributed by atoms with Crippen molar-refractivity contribution in [3.63, 3.8) is 0 Å². The van der Waals surface area contributed by atoms with Crippen molar-refractivity contribution < 1.29 is 0 Å². The van der Waals surface area contributed by atoms with Gasteiger partial charge in [-0.05, 0) is 68.6 Å². The third-order valence-electron chi connectivity index (χ3n) is 5.66. The van der Waals surface area contributed by atoms with E-state index in [-0.39, 0.29) is 0 Å². The predicted molar refractivity (Wildman–Crippen MR) is 111 cm³/mol. The minimum Gasteiger partial charge on any atom is -0.366 e. The quantitative estimate of drug-likeness (QED) is 0.690. The SMILES string of the molecule is CCc1nc(-c2ccc3c(c2)CCCC3)c(CC)nc1NC(CC)CC. The van der Waals surface area contributed by atoms with Crippen molar-refractivity contribution in [3.8, 4) is 11.3 Å². The first-order valence-electron chi connectivity index (χ1n) is 10.5. The van der Waals surface area contributed by atoms with Gasteiger partial charge in [0.2, 0.25) is 0 Å². The summed E-state index contributed by atoms with van der Waals surface area (Å²) in [5.41, 5.74) is 7.53. The van der Waals surface area contributed by atoms with Crippen molar-refractivity contribution >= 4 is 5.82 Å². The molecule has 1 aromatic carbocycles. The molecule has 2 aromatic rings. The van der Waals surface area contributed by atoms with Gasteiger partial charge in [-0.15, -0.1) is 0 Å². The molecule has 0 radical (unpaired) electrons. The summed E-state index contributed by atoms with van der Waals surface area (Å²) in [5, 5.41) is 3.63. The maximum atomic E-state index is 5.08. The minimum atomic E-state index is 0.467. The van der Waals surface area contributed by atoms with Crippen LogP contribution in [0.3, 0.4) is 0 Å². The van der Waals surface area contributed by atoms with Crippen molar-refractivity contribution in [1.82, 2.24) is 9.97 Å². The van der Waals surface area contributed by atoms with E-state index in [2.05, 4.69) is 51.2 Å². The molecule has 0 unspecified atom stereocenters. The Balaban J connectivity index is 2.01. The standard InChI is InChI=1S/C23H33N3/c1-5-19(6-2)24-23-21(8-4)25-22(20(7-3)26-23)18-14-13-16-11-9-10-12-17(16)15-18/h13-15,19H,5-12H2,1-4H3,(H,24,26). The number of fused-ring (bicyclic) bond motifs is 1. The summed E-state index contributed by atoms with van der Waals surface area (Å²) in [7, 11) is 0. The highest BCUT2D eigenvalue weighted by Gasteiger charge is 2.17. The Labute approximate surface area is 158 Å². The van der Waals surface area contributed by atoms with Gasteiger partial charge in [-0.3, -0.25) is 0 Å². The second-order valence-electron chi connectivity index (χ2n) is 7.37. The van der Waals surface area contributed by atoms with Gasteiger partial charge < -0.3 is 5.32 Å². The number of nitrogens with zero attached hydrogens (tertiary/aromatic N) is 2. The fourth-order valence-corrected chi connectivity index (χ4v) is 3.91. The molecule has 3 rings (SSSR count). The first kappa shape index (κ1) is 18.9. The Morgan fingerprint density at radius 3 is 2.23 bits per heavy atom. The molecule has 0 bridgehead atoms. The zero-order valence-corrected chi connectivity index (χ0v) is 16.9. The highest BCUT2D eigenvalue weighted by Crippen LogP contribution is 2.30. The zero-order chi connectivity index (χ0) is 18.5. The molecule has 1 aliphatic carbocycles. The van der Waals surface area contributed by atoms with Gasteiger partial charge in [0, 0.05) is 11.6 Å². The smallest absolute Gasteiger partial charge is 0.148 e. The Hall–Kier alpha value is -1.90. The molecule has 140 valence electrons. The lowest BCUT2D eigenvalue weighted by molar-refractivity contribution is 0.665. The number of anilines is 1. The average Bonchev–Trinajstić information content (AvgIpc) is 2.71. The molecule has 3 nitrogen and oxygen atoms in total. The molecular formula is C23H33N3. The summed E-state index contributed by atoms with van der Waals surface area (Å²) < 4.78 is 0. The maximum Gasteiger partial charge on any atom is 0.148 e. The van der Waals surface area contributed by atoms with Crippen LogP contribution in [0, 0.1) is 0 Å². The summed E-state index contributed by atoms with van der Waals surface area (Å²) in [6, 6.07) is 7.40. The summed E-state index contributed by atoms with van der Waals surface area (Å²) >= 11 is 0. The lowest BCUT2D eigenvalue weighted by Crippen LogP contribution is -2.20. The fraction of sp³-hybridized carbons (Fsp3) is 0.565. The van der Waals surface area contributed by atoms with Crippen LogP contribution in [0.2, 0.25) is 0 Å². The van der Waals surface area contributed by atoms with Crippen LogP contribution in [0.1, 0.15) is 75.9 Å². The molecule has 1 aromatic heterocycles. The van der Waals surface area contributed by atoms with E-state index in [0.717, 1.165) is 48.6 Å². The molecule has 0 aliphatic heterocycles. The van der Waals surface area contributed by atoms with Gasteiger partial charge in [0.25, 0.3) is 0 Å². The monoisotopic (exact) mass is 351 g/mol. The molecule has 0 atom stereocenters. The van der Waals surface area contributed by atoms with Gasteiger partial charge in [0.15, 0.2) is 0 Å². The lowest BCUT2D eigenvalue weighted by Gasteiger charge is -2.20. The van der Waals surface area contributed by atoms with Crippen LogP contribution in [0.5, 0.6) is 0 Å². The summed E-state index contributed by atoms with van der Waals surface area (Å²) in [5.74, 6) is 0.986. The number of aromatic nitrogens is 2. The Bertz CT molecular complexity index is 747. The predicted octanol–water partition coefficient (Wildman–Crippen LogP) is 5.75. The van der Waals surface area contributed by atoms with Crippen LogP contribution < -0.4 is 5.32 Å².